The number of allylic oxidation sites excluding steroid dienone is 1. The average Bonchev–Trinajstić information content (AvgIpc) is 3.85. The molecule has 12 aromatic rings. The van der Waals surface area contributed by atoms with Gasteiger partial charge in [-0.25, -0.2) is 0 Å². The summed E-state index contributed by atoms with van der Waals surface area (Å²) in [5.74, 6) is 0. The number of benzene rings is 10. The molecule has 2 heterocycles. The van der Waals surface area contributed by atoms with Crippen LogP contribution >= 0.6 is 11.3 Å². The van der Waals surface area contributed by atoms with E-state index in [0.717, 1.165) is 29.4 Å². The Kier molecular flexibility index (Phi) is 7.98. The first kappa shape index (κ1) is 35.3. The van der Waals surface area contributed by atoms with Gasteiger partial charge < -0.3 is 4.42 Å². The molecule has 0 saturated carbocycles. The molecule has 0 atom stereocenters. The molecule has 2 aromatic heterocycles. The van der Waals surface area contributed by atoms with E-state index in [1.54, 1.807) is 0 Å². The molecule has 0 radical (unpaired) electrons. The highest BCUT2D eigenvalue weighted by Gasteiger charge is 2.22. The average molecular weight is 807 g/mol. The van der Waals surface area contributed by atoms with Gasteiger partial charge in [-0.05, 0) is 131 Å². The van der Waals surface area contributed by atoms with Crippen molar-refractivity contribution in [3.63, 3.8) is 0 Å². The lowest BCUT2D eigenvalue weighted by atomic mass is 9.88. The quantitative estimate of drug-likeness (QED) is 0.120. The number of fused-ring (bicyclic) bond motifs is 12. The smallest absolute Gasteiger partial charge is 0.135 e. The monoisotopic (exact) mass is 806 g/mol. The van der Waals surface area contributed by atoms with Crippen molar-refractivity contribution in [1.29, 1.82) is 0 Å². The minimum absolute atomic E-state index is 0.769. The summed E-state index contributed by atoms with van der Waals surface area (Å²) in [6.07, 6.45) is 4.08. The molecule has 1 nitrogen and oxygen atoms in total. The van der Waals surface area contributed by atoms with Crippen LogP contribution in [0, 0.1) is 0 Å². The Bertz CT molecular complexity index is 3790. The van der Waals surface area contributed by atoms with E-state index in [1.807, 2.05) is 17.4 Å². The zero-order valence-electron chi connectivity index (χ0n) is 33.9. The van der Waals surface area contributed by atoms with Gasteiger partial charge >= 0.3 is 0 Å². The maximum absolute atomic E-state index is 6.35. The molecule has 0 saturated heterocycles. The maximum Gasteiger partial charge on any atom is 0.135 e. The van der Waals surface area contributed by atoms with Gasteiger partial charge in [0.15, 0.2) is 0 Å². The van der Waals surface area contributed by atoms with Crippen LogP contribution in [0.1, 0.15) is 27.8 Å². The highest BCUT2D eigenvalue weighted by atomic mass is 32.1. The van der Waals surface area contributed by atoms with Crippen LogP contribution in [0.2, 0.25) is 0 Å². The first-order chi connectivity index (χ1) is 30.7. The predicted octanol–water partition coefficient (Wildman–Crippen LogP) is 16.9. The number of hydrogen-bond donors (Lipinski definition) is 0. The van der Waals surface area contributed by atoms with E-state index >= 15 is 0 Å². The molecule has 62 heavy (non-hydrogen) atoms. The lowest BCUT2D eigenvalue weighted by molar-refractivity contribution is 0.669. The van der Waals surface area contributed by atoms with Crippen LogP contribution in [-0.2, 0) is 12.8 Å². The molecule has 290 valence electrons. The van der Waals surface area contributed by atoms with Crippen molar-refractivity contribution in [2.75, 3.05) is 0 Å². The maximum atomic E-state index is 6.35. The largest absolute Gasteiger partial charge is 0.456 e. The van der Waals surface area contributed by atoms with Gasteiger partial charge in [-0.3, -0.25) is 0 Å². The first-order valence-electron chi connectivity index (χ1n) is 21.5. The van der Waals surface area contributed by atoms with Crippen molar-refractivity contribution >= 4 is 86.6 Å². The Morgan fingerprint density at radius 1 is 0.452 bits per heavy atom. The molecule has 0 aliphatic heterocycles. The molecule has 0 unspecified atom stereocenters. The summed E-state index contributed by atoms with van der Waals surface area (Å²) >= 11 is 1.90. The van der Waals surface area contributed by atoms with E-state index in [9.17, 15) is 0 Å². The van der Waals surface area contributed by atoms with Crippen LogP contribution in [0.4, 0.5) is 0 Å². The van der Waals surface area contributed by atoms with Crippen molar-refractivity contribution < 1.29 is 4.42 Å². The van der Waals surface area contributed by atoms with Crippen molar-refractivity contribution in [3.8, 4) is 33.4 Å². The van der Waals surface area contributed by atoms with E-state index in [2.05, 4.69) is 200 Å². The Hall–Kier alpha value is -7.52. The highest BCUT2D eigenvalue weighted by Crippen LogP contribution is 2.47. The van der Waals surface area contributed by atoms with Gasteiger partial charge in [0.2, 0.25) is 0 Å². The molecule has 2 heteroatoms. The van der Waals surface area contributed by atoms with Gasteiger partial charge in [-0.1, -0.05) is 176 Å². The van der Waals surface area contributed by atoms with Crippen LogP contribution in [-0.4, -0.2) is 0 Å². The van der Waals surface area contributed by atoms with Gasteiger partial charge in [-0.15, -0.1) is 11.3 Å². The van der Waals surface area contributed by atoms with Crippen molar-refractivity contribution in [3.05, 3.63) is 228 Å². The molecule has 0 spiro atoms. The number of thiophene rings is 1. The van der Waals surface area contributed by atoms with E-state index in [1.165, 1.54) is 114 Å². The third-order valence-corrected chi connectivity index (χ3v) is 14.3. The van der Waals surface area contributed by atoms with Crippen LogP contribution in [0.3, 0.4) is 0 Å². The zero-order chi connectivity index (χ0) is 40.7. The van der Waals surface area contributed by atoms with Crippen LogP contribution in [0.5, 0.6) is 0 Å². The Morgan fingerprint density at radius 3 is 2.02 bits per heavy atom. The zero-order valence-corrected chi connectivity index (χ0v) is 34.7. The van der Waals surface area contributed by atoms with Gasteiger partial charge in [0.05, 0.1) is 0 Å². The summed E-state index contributed by atoms with van der Waals surface area (Å²) in [7, 11) is 0. The SMILES string of the molecule is C(=C(\Cc1cccc2oc3ccccc3c12)c1ccc2c(c1)sc1cc(-c3ccc4c5cc(c6ccccc64)Cc4ccccc4-c35)ccc12)/c1ccc(-c2ccccc2)cc1. The summed E-state index contributed by atoms with van der Waals surface area (Å²) in [5, 5.41) is 10.3. The van der Waals surface area contributed by atoms with Crippen molar-refractivity contribution in [1.82, 2.24) is 0 Å². The van der Waals surface area contributed by atoms with Gasteiger partial charge in [0.25, 0.3) is 0 Å². The fraction of sp³-hybridized carbons (Fsp3) is 0.0333. The number of hydrogen-bond acceptors (Lipinski definition) is 2. The Balaban J connectivity index is 0.945. The Morgan fingerprint density at radius 2 is 1.13 bits per heavy atom. The van der Waals surface area contributed by atoms with Gasteiger partial charge in [0.1, 0.15) is 11.2 Å². The van der Waals surface area contributed by atoms with Crippen molar-refractivity contribution in [2.45, 2.75) is 12.8 Å². The summed E-state index contributed by atoms with van der Waals surface area (Å²) < 4.78 is 8.95. The fourth-order valence-corrected chi connectivity index (χ4v) is 11.4. The summed E-state index contributed by atoms with van der Waals surface area (Å²) in [6, 6.07) is 73.8. The highest BCUT2D eigenvalue weighted by molar-refractivity contribution is 7.25. The third kappa shape index (κ3) is 5.68. The minimum atomic E-state index is 0.769. The third-order valence-electron chi connectivity index (χ3n) is 13.2. The number of rotatable bonds is 6. The number of para-hydroxylation sites is 1. The molecule has 10 aromatic carbocycles. The molecule has 1 aliphatic rings. The van der Waals surface area contributed by atoms with Crippen molar-refractivity contribution in [2.24, 2.45) is 0 Å². The summed E-state index contributed by atoms with van der Waals surface area (Å²) in [5.41, 5.74) is 17.3. The first-order valence-corrected chi connectivity index (χ1v) is 22.3. The van der Waals surface area contributed by atoms with E-state index < -0.39 is 0 Å². The minimum Gasteiger partial charge on any atom is -0.456 e. The molecule has 13 rings (SSSR count). The predicted molar refractivity (Wildman–Crippen MR) is 265 cm³/mol. The van der Waals surface area contributed by atoms with Gasteiger partial charge in [0, 0.05) is 30.9 Å². The molecule has 0 fully saturated rings. The lowest BCUT2D eigenvalue weighted by Gasteiger charge is -2.16. The van der Waals surface area contributed by atoms with E-state index in [4.69, 9.17) is 4.42 Å². The normalized spacial score (nSPS) is 12.6. The molecule has 0 N–H and O–H groups in total. The standard InChI is InChI=1S/C60H38OS/c1-2-11-38(12-3-1)39-23-21-37(22-24-39)31-44(33-43-14-10-20-56-59(43)53-18-8-9-19-55(53)61-56)40-25-27-51-52-28-26-42(36-58(52)62-57(51)35-40)48-29-30-50-49-17-7-6-15-46(49)45-32-41-13-4-5-16-47(41)60(48)54(50)34-45/h1-31,34-36H,32-33H2/b44-31-. The lowest BCUT2D eigenvalue weighted by Crippen LogP contribution is -1.93. The second-order valence-corrected chi connectivity index (χ2v) is 17.8. The van der Waals surface area contributed by atoms with Crippen LogP contribution < -0.4 is 0 Å². The van der Waals surface area contributed by atoms with E-state index in [0.29, 0.717) is 0 Å². The summed E-state index contributed by atoms with van der Waals surface area (Å²) in [4.78, 5) is 0. The molecular formula is C60H38OS. The second-order valence-electron chi connectivity index (χ2n) is 16.7. The second kappa shape index (κ2) is 14.0. The topological polar surface area (TPSA) is 13.1 Å². The molecule has 0 amide bonds. The molecule has 2 bridgehead atoms. The van der Waals surface area contributed by atoms with Crippen LogP contribution in [0.15, 0.2) is 205 Å². The fourth-order valence-electron chi connectivity index (χ4n) is 10.2. The van der Waals surface area contributed by atoms with Crippen LogP contribution in [0.25, 0.3) is 109 Å². The summed E-state index contributed by atoms with van der Waals surface area (Å²) in [6.45, 7) is 0. The Labute approximate surface area is 363 Å². The van der Waals surface area contributed by atoms with Gasteiger partial charge in [-0.2, -0.15) is 0 Å². The van der Waals surface area contributed by atoms with E-state index in [-0.39, 0.29) is 0 Å². The molecular weight excluding hydrogens is 769 g/mol. The number of furan rings is 1. The molecule has 1 aliphatic carbocycles.